The highest BCUT2D eigenvalue weighted by Gasteiger charge is 2.33. The Morgan fingerprint density at radius 2 is 1.88 bits per heavy atom. The predicted octanol–water partition coefficient (Wildman–Crippen LogP) is 3.25. The summed E-state index contributed by atoms with van der Waals surface area (Å²) < 4.78 is 0. The summed E-state index contributed by atoms with van der Waals surface area (Å²) in [6, 6.07) is 18.3. The average Bonchev–Trinajstić information content (AvgIpc) is 3.02. The van der Waals surface area contributed by atoms with Crippen molar-refractivity contribution in [2.24, 2.45) is 5.92 Å². The zero-order chi connectivity index (χ0) is 18.4. The van der Waals surface area contributed by atoms with Crippen LogP contribution in [0.15, 0.2) is 59.5 Å². The van der Waals surface area contributed by atoms with Crippen LogP contribution < -0.4 is 5.32 Å². The summed E-state index contributed by atoms with van der Waals surface area (Å²) in [5, 5.41) is 2.97. The van der Waals surface area contributed by atoms with E-state index in [-0.39, 0.29) is 17.7 Å². The predicted molar refractivity (Wildman–Crippen MR) is 105 cm³/mol. The summed E-state index contributed by atoms with van der Waals surface area (Å²) >= 11 is 1.72. The highest BCUT2D eigenvalue weighted by molar-refractivity contribution is 7.99. The van der Waals surface area contributed by atoms with Crippen LogP contribution in [0.4, 0.5) is 0 Å². The highest BCUT2D eigenvalue weighted by Crippen LogP contribution is 2.21. The first-order valence-electron chi connectivity index (χ1n) is 8.90. The summed E-state index contributed by atoms with van der Waals surface area (Å²) in [5.41, 5.74) is 2.30. The molecule has 0 saturated carbocycles. The van der Waals surface area contributed by atoms with Crippen molar-refractivity contribution in [3.05, 3.63) is 65.7 Å². The molecule has 0 aromatic heterocycles. The maximum absolute atomic E-state index is 12.3. The van der Waals surface area contributed by atoms with Gasteiger partial charge in [-0.3, -0.25) is 9.59 Å². The number of thioether (sulfide) groups is 1. The lowest BCUT2D eigenvalue weighted by atomic mass is 10.1. The number of carbonyl (C=O) groups excluding carboxylic acids is 2. The van der Waals surface area contributed by atoms with E-state index in [0.717, 1.165) is 11.3 Å². The van der Waals surface area contributed by atoms with Crippen LogP contribution in [-0.4, -0.2) is 35.6 Å². The van der Waals surface area contributed by atoms with Crippen LogP contribution in [-0.2, 0) is 16.1 Å². The molecular weight excluding hydrogens is 344 g/mol. The van der Waals surface area contributed by atoms with Gasteiger partial charge in [0.25, 0.3) is 0 Å². The van der Waals surface area contributed by atoms with Crippen LogP contribution in [0, 0.1) is 12.8 Å². The smallest absolute Gasteiger partial charge is 0.225 e. The molecule has 2 aromatic rings. The van der Waals surface area contributed by atoms with Crippen molar-refractivity contribution in [2.45, 2.75) is 24.8 Å². The number of nitrogens with one attached hydrogen (secondary N) is 1. The first-order valence-corrected chi connectivity index (χ1v) is 9.89. The van der Waals surface area contributed by atoms with Crippen molar-refractivity contribution in [2.75, 3.05) is 18.8 Å². The number of benzene rings is 2. The van der Waals surface area contributed by atoms with Crippen molar-refractivity contribution >= 4 is 23.6 Å². The van der Waals surface area contributed by atoms with E-state index in [0.29, 0.717) is 26.1 Å². The van der Waals surface area contributed by atoms with Gasteiger partial charge in [-0.2, -0.15) is 0 Å². The number of nitrogens with zero attached hydrogens (tertiary/aromatic N) is 1. The van der Waals surface area contributed by atoms with Crippen molar-refractivity contribution in [1.29, 1.82) is 0 Å². The first-order chi connectivity index (χ1) is 12.6. The molecule has 0 spiro atoms. The van der Waals surface area contributed by atoms with Gasteiger partial charge in [-0.1, -0.05) is 48.0 Å². The Bertz CT molecular complexity index is 746. The molecular formula is C21H24N2O2S. The second-order valence-electron chi connectivity index (χ2n) is 6.61. The van der Waals surface area contributed by atoms with Crippen molar-refractivity contribution in [3.63, 3.8) is 0 Å². The van der Waals surface area contributed by atoms with Crippen molar-refractivity contribution in [1.82, 2.24) is 10.2 Å². The summed E-state index contributed by atoms with van der Waals surface area (Å²) in [6.45, 7) is 3.74. The highest BCUT2D eigenvalue weighted by atomic mass is 32.2. The van der Waals surface area contributed by atoms with Crippen LogP contribution in [0.5, 0.6) is 0 Å². The average molecular weight is 369 g/mol. The van der Waals surface area contributed by atoms with E-state index >= 15 is 0 Å². The van der Waals surface area contributed by atoms with E-state index in [1.54, 1.807) is 16.7 Å². The minimum absolute atomic E-state index is 0.0154. The summed E-state index contributed by atoms with van der Waals surface area (Å²) in [4.78, 5) is 27.5. The third-order valence-corrected chi connectivity index (χ3v) is 5.51. The minimum Gasteiger partial charge on any atom is -0.355 e. The molecule has 1 heterocycles. The van der Waals surface area contributed by atoms with Crippen LogP contribution in [0.3, 0.4) is 0 Å². The zero-order valence-electron chi connectivity index (χ0n) is 15.0. The Kier molecular flexibility index (Phi) is 6.34. The molecule has 1 aliphatic rings. The molecule has 0 radical (unpaired) electrons. The topological polar surface area (TPSA) is 49.4 Å². The van der Waals surface area contributed by atoms with E-state index < -0.39 is 0 Å². The first kappa shape index (κ1) is 18.5. The van der Waals surface area contributed by atoms with Crippen LogP contribution in [0.25, 0.3) is 0 Å². The maximum atomic E-state index is 12.3. The summed E-state index contributed by atoms with van der Waals surface area (Å²) in [7, 11) is 0. The molecule has 0 bridgehead atoms. The fourth-order valence-electron chi connectivity index (χ4n) is 3.02. The number of amides is 2. The molecule has 26 heavy (non-hydrogen) atoms. The molecule has 2 amide bonds. The van der Waals surface area contributed by atoms with E-state index in [4.69, 9.17) is 0 Å². The lowest BCUT2D eigenvalue weighted by Crippen LogP contribution is -2.34. The van der Waals surface area contributed by atoms with Crippen molar-refractivity contribution in [3.8, 4) is 0 Å². The maximum Gasteiger partial charge on any atom is 0.225 e. The SMILES string of the molecule is Cc1ccc(CN2CC(C(=O)NCCSc3ccccc3)CC2=O)cc1. The molecule has 136 valence electrons. The number of hydrogen-bond acceptors (Lipinski definition) is 3. The summed E-state index contributed by atoms with van der Waals surface area (Å²) in [6.07, 6.45) is 0.309. The lowest BCUT2D eigenvalue weighted by molar-refractivity contribution is -0.129. The molecule has 1 N–H and O–H groups in total. The van der Waals surface area contributed by atoms with Gasteiger partial charge in [0.1, 0.15) is 0 Å². The molecule has 1 atom stereocenters. The molecule has 0 aliphatic carbocycles. The van der Waals surface area contributed by atoms with Gasteiger partial charge in [0.2, 0.25) is 11.8 Å². The standard InChI is InChI=1S/C21H24N2O2S/c1-16-7-9-17(10-8-16)14-23-15-18(13-20(23)24)21(25)22-11-12-26-19-5-3-2-4-6-19/h2-10,18H,11-15H2,1H3,(H,22,25). The number of likely N-dealkylation sites (tertiary alicyclic amines) is 1. The molecule has 1 saturated heterocycles. The second-order valence-corrected chi connectivity index (χ2v) is 7.78. The van der Waals surface area contributed by atoms with E-state index in [9.17, 15) is 9.59 Å². The Balaban J connectivity index is 1.42. The normalized spacial score (nSPS) is 16.7. The Hall–Kier alpha value is -2.27. The van der Waals surface area contributed by atoms with Gasteiger partial charge in [-0.15, -0.1) is 11.8 Å². The quantitative estimate of drug-likeness (QED) is 0.603. The zero-order valence-corrected chi connectivity index (χ0v) is 15.8. The van der Waals surface area contributed by atoms with Gasteiger partial charge >= 0.3 is 0 Å². The third kappa shape index (κ3) is 5.11. The molecule has 1 fully saturated rings. The van der Waals surface area contributed by atoms with Gasteiger partial charge in [-0.05, 0) is 24.6 Å². The Morgan fingerprint density at radius 3 is 2.62 bits per heavy atom. The van der Waals surface area contributed by atoms with Gasteiger partial charge in [0, 0.05) is 36.7 Å². The molecule has 2 aromatic carbocycles. The lowest BCUT2D eigenvalue weighted by Gasteiger charge is -2.17. The summed E-state index contributed by atoms with van der Waals surface area (Å²) in [5.74, 6) is 0.626. The molecule has 5 heteroatoms. The van der Waals surface area contributed by atoms with Crippen molar-refractivity contribution < 1.29 is 9.59 Å². The molecule has 1 aliphatic heterocycles. The number of carbonyl (C=O) groups is 2. The molecule has 4 nitrogen and oxygen atoms in total. The van der Waals surface area contributed by atoms with E-state index in [2.05, 4.69) is 17.4 Å². The Morgan fingerprint density at radius 1 is 1.15 bits per heavy atom. The van der Waals surface area contributed by atoms with Gasteiger partial charge < -0.3 is 10.2 Å². The second kappa shape index (κ2) is 8.90. The monoisotopic (exact) mass is 368 g/mol. The van der Waals surface area contributed by atoms with Gasteiger partial charge in [0.15, 0.2) is 0 Å². The van der Waals surface area contributed by atoms with Gasteiger partial charge in [0.05, 0.1) is 5.92 Å². The number of rotatable bonds is 7. The number of hydrogen-bond donors (Lipinski definition) is 1. The largest absolute Gasteiger partial charge is 0.355 e. The van der Waals surface area contributed by atoms with Crippen LogP contribution in [0.2, 0.25) is 0 Å². The Labute approximate surface area is 159 Å². The minimum atomic E-state index is -0.241. The molecule has 3 rings (SSSR count). The fourth-order valence-corrected chi connectivity index (χ4v) is 3.81. The fraction of sp³-hybridized carbons (Fsp3) is 0.333. The molecule has 1 unspecified atom stereocenters. The number of aryl methyl sites for hydroxylation is 1. The van der Waals surface area contributed by atoms with Crippen LogP contribution in [0.1, 0.15) is 17.5 Å². The third-order valence-electron chi connectivity index (χ3n) is 4.49. The van der Waals surface area contributed by atoms with E-state index in [1.807, 2.05) is 49.4 Å². The van der Waals surface area contributed by atoms with E-state index in [1.165, 1.54) is 10.5 Å². The van der Waals surface area contributed by atoms with Gasteiger partial charge in [-0.25, -0.2) is 0 Å². The van der Waals surface area contributed by atoms with Crippen LogP contribution >= 0.6 is 11.8 Å².